The van der Waals surface area contributed by atoms with Crippen LogP contribution in [0.3, 0.4) is 0 Å². The maximum atomic E-state index is 10.9. The third-order valence-electron chi connectivity index (χ3n) is 2.81. The second-order valence-electron chi connectivity index (χ2n) is 4.96. The molecule has 0 aromatic heterocycles. The van der Waals surface area contributed by atoms with Crippen LogP contribution >= 0.6 is 0 Å². The van der Waals surface area contributed by atoms with E-state index in [9.17, 15) is 8.42 Å². The van der Waals surface area contributed by atoms with E-state index in [1.807, 2.05) is 0 Å². The highest BCUT2D eigenvalue weighted by atomic mass is 32.2. The van der Waals surface area contributed by atoms with Crippen molar-refractivity contribution in [1.82, 2.24) is 15.4 Å². The van der Waals surface area contributed by atoms with Crippen LogP contribution in [0.25, 0.3) is 0 Å². The molecule has 1 aliphatic rings. The molecule has 0 radical (unpaired) electrons. The summed E-state index contributed by atoms with van der Waals surface area (Å²) in [5.74, 6) is 1.47. The van der Waals surface area contributed by atoms with Gasteiger partial charge in [0.15, 0.2) is 5.96 Å². The summed E-state index contributed by atoms with van der Waals surface area (Å²) in [6, 6.07) is 0. The average Bonchev–Trinajstić information content (AvgIpc) is 3.18. The zero-order valence-corrected chi connectivity index (χ0v) is 13.1. The van der Waals surface area contributed by atoms with Gasteiger partial charge >= 0.3 is 0 Å². The number of hydrogen-bond acceptors (Lipinski definition) is 4. The van der Waals surface area contributed by atoms with Gasteiger partial charge in [-0.2, -0.15) is 0 Å². The van der Waals surface area contributed by atoms with E-state index in [0.29, 0.717) is 19.0 Å². The van der Waals surface area contributed by atoms with E-state index in [0.717, 1.165) is 38.4 Å². The molecule has 118 valence electrons. The van der Waals surface area contributed by atoms with Crippen molar-refractivity contribution >= 4 is 16.0 Å². The fourth-order valence-electron chi connectivity index (χ4n) is 1.55. The molecule has 0 aromatic carbocycles. The number of ether oxygens (including phenoxy) is 1. The fraction of sp³-hybridized carbons (Fsp3) is 0.917. The first-order chi connectivity index (χ1) is 9.51. The van der Waals surface area contributed by atoms with E-state index in [4.69, 9.17) is 4.74 Å². The number of rotatable bonds is 10. The van der Waals surface area contributed by atoms with Crippen LogP contribution in [0.5, 0.6) is 0 Å². The van der Waals surface area contributed by atoms with Crippen LogP contribution in [0.15, 0.2) is 4.99 Å². The van der Waals surface area contributed by atoms with Gasteiger partial charge in [-0.25, -0.2) is 13.1 Å². The van der Waals surface area contributed by atoms with Crippen molar-refractivity contribution in [3.8, 4) is 0 Å². The van der Waals surface area contributed by atoms with Crippen molar-refractivity contribution in [2.45, 2.75) is 19.3 Å². The first-order valence-electron chi connectivity index (χ1n) is 6.98. The van der Waals surface area contributed by atoms with Crippen molar-refractivity contribution < 1.29 is 13.2 Å². The second-order valence-corrected chi connectivity index (χ2v) is 6.80. The zero-order chi connectivity index (χ0) is 14.8. The smallest absolute Gasteiger partial charge is 0.208 e. The van der Waals surface area contributed by atoms with Gasteiger partial charge in [0.1, 0.15) is 0 Å². The van der Waals surface area contributed by atoms with E-state index in [2.05, 4.69) is 20.3 Å². The van der Waals surface area contributed by atoms with Crippen molar-refractivity contribution in [2.24, 2.45) is 10.9 Å². The van der Waals surface area contributed by atoms with Crippen molar-refractivity contribution in [3.63, 3.8) is 0 Å². The zero-order valence-electron chi connectivity index (χ0n) is 12.3. The normalized spacial score (nSPS) is 16.2. The molecular weight excluding hydrogens is 280 g/mol. The maximum absolute atomic E-state index is 10.9. The molecule has 7 nitrogen and oxygen atoms in total. The topological polar surface area (TPSA) is 91.8 Å². The lowest BCUT2D eigenvalue weighted by Crippen LogP contribution is -2.41. The number of nitrogens with zero attached hydrogens (tertiary/aromatic N) is 1. The van der Waals surface area contributed by atoms with Gasteiger partial charge in [0.2, 0.25) is 10.0 Å². The Morgan fingerprint density at radius 3 is 2.55 bits per heavy atom. The summed E-state index contributed by atoms with van der Waals surface area (Å²) in [5, 5.41) is 6.18. The van der Waals surface area contributed by atoms with Crippen LogP contribution in [0.4, 0.5) is 0 Å². The number of aliphatic imine (C=N–C) groups is 1. The van der Waals surface area contributed by atoms with Gasteiger partial charge in [-0.3, -0.25) is 4.99 Å². The van der Waals surface area contributed by atoms with Crippen LogP contribution in [0.1, 0.15) is 19.3 Å². The summed E-state index contributed by atoms with van der Waals surface area (Å²) in [6.45, 7) is 3.26. The molecule has 1 fully saturated rings. The quantitative estimate of drug-likeness (QED) is 0.288. The number of nitrogens with one attached hydrogen (secondary N) is 3. The molecule has 3 N–H and O–H groups in total. The van der Waals surface area contributed by atoms with Gasteiger partial charge in [-0.05, 0) is 25.2 Å². The standard InChI is InChI=1S/C12H26N4O3S/c1-13-12(15-7-8-16-20(2,17)18)14-6-3-9-19-10-11-4-5-11/h11,16H,3-10H2,1-2H3,(H2,13,14,15). The van der Waals surface area contributed by atoms with E-state index in [1.165, 1.54) is 12.8 Å². The molecule has 0 saturated heterocycles. The Labute approximate surface area is 121 Å². The Kier molecular flexibility index (Phi) is 7.86. The highest BCUT2D eigenvalue weighted by Crippen LogP contribution is 2.28. The second kappa shape index (κ2) is 9.15. The molecule has 0 aliphatic heterocycles. The molecule has 20 heavy (non-hydrogen) atoms. The Hall–Kier alpha value is -0.860. The predicted octanol–water partition coefficient (Wildman–Crippen LogP) is -0.483. The van der Waals surface area contributed by atoms with Gasteiger partial charge < -0.3 is 15.4 Å². The van der Waals surface area contributed by atoms with Crippen LogP contribution in [-0.2, 0) is 14.8 Å². The predicted molar refractivity (Wildman–Crippen MR) is 80.4 cm³/mol. The molecule has 0 aromatic rings. The minimum atomic E-state index is -3.12. The molecule has 0 unspecified atom stereocenters. The third kappa shape index (κ3) is 9.99. The molecule has 1 rings (SSSR count). The maximum Gasteiger partial charge on any atom is 0.208 e. The lowest BCUT2D eigenvalue weighted by atomic mass is 10.4. The van der Waals surface area contributed by atoms with Crippen molar-refractivity contribution in [2.75, 3.05) is 46.2 Å². The minimum Gasteiger partial charge on any atom is -0.381 e. The molecule has 1 saturated carbocycles. The van der Waals surface area contributed by atoms with Gasteiger partial charge in [0.25, 0.3) is 0 Å². The molecule has 8 heteroatoms. The summed E-state index contributed by atoms with van der Waals surface area (Å²) >= 11 is 0. The highest BCUT2D eigenvalue weighted by molar-refractivity contribution is 7.88. The van der Waals surface area contributed by atoms with Crippen LogP contribution in [-0.4, -0.2) is 60.5 Å². The van der Waals surface area contributed by atoms with Gasteiger partial charge in [-0.1, -0.05) is 0 Å². The largest absolute Gasteiger partial charge is 0.381 e. The fourth-order valence-corrected chi connectivity index (χ4v) is 2.03. The van der Waals surface area contributed by atoms with Crippen molar-refractivity contribution in [1.29, 1.82) is 0 Å². The monoisotopic (exact) mass is 306 g/mol. The lowest BCUT2D eigenvalue weighted by molar-refractivity contribution is 0.123. The Morgan fingerprint density at radius 2 is 1.95 bits per heavy atom. The van der Waals surface area contributed by atoms with E-state index in [-0.39, 0.29) is 0 Å². The summed E-state index contributed by atoms with van der Waals surface area (Å²) in [4.78, 5) is 4.05. The SMILES string of the molecule is CN=C(NCCCOCC1CC1)NCCNS(C)(=O)=O. The number of sulfonamides is 1. The Morgan fingerprint density at radius 1 is 1.25 bits per heavy atom. The Balaban J connectivity index is 1.95. The van der Waals surface area contributed by atoms with E-state index < -0.39 is 10.0 Å². The van der Waals surface area contributed by atoms with Gasteiger partial charge in [-0.15, -0.1) is 0 Å². The van der Waals surface area contributed by atoms with Crippen molar-refractivity contribution in [3.05, 3.63) is 0 Å². The molecule has 0 amide bonds. The van der Waals surface area contributed by atoms with Crippen LogP contribution < -0.4 is 15.4 Å². The summed E-state index contributed by atoms with van der Waals surface area (Å²) in [7, 11) is -1.44. The van der Waals surface area contributed by atoms with Gasteiger partial charge in [0, 0.05) is 39.9 Å². The van der Waals surface area contributed by atoms with E-state index in [1.54, 1.807) is 7.05 Å². The average molecular weight is 306 g/mol. The molecule has 0 spiro atoms. The summed E-state index contributed by atoms with van der Waals surface area (Å²) < 4.78 is 29.7. The molecule has 1 aliphatic carbocycles. The Bertz CT molecular complexity index is 394. The number of hydrogen-bond donors (Lipinski definition) is 3. The first kappa shape index (κ1) is 17.2. The van der Waals surface area contributed by atoms with Crippen LogP contribution in [0.2, 0.25) is 0 Å². The highest BCUT2D eigenvalue weighted by Gasteiger charge is 2.20. The molecule has 0 atom stereocenters. The number of guanidine groups is 1. The molecular formula is C12H26N4O3S. The summed E-state index contributed by atoms with van der Waals surface area (Å²) in [5.41, 5.74) is 0. The minimum absolute atomic E-state index is 0.337. The lowest BCUT2D eigenvalue weighted by Gasteiger charge is -2.12. The molecule has 0 heterocycles. The molecule has 0 bridgehead atoms. The van der Waals surface area contributed by atoms with Gasteiger partial charge in [0.05, 0.1) is 6.26 Å². The summed E-state index contributed by atoms with van der Waals surface area (Å²) in [6.07, 6.45) is 4.70. The van der Waals surface area contributed by atoms with Crippen LogP contribution in [0, 0.1) is 5.92 Å². The first-order valence-corrected chi connectivity index (χ1v) is 8.87. The third-order valence-corrected chi connectivity index (χ3v) is 3.54. The van der Waals surface area contributed by atoms with E-state index >= 15 is 0 Å².